The van der Waals surface area contributed by atoms with Gasteiger partial charge in [0, 0.05) is 26.2 Å². The maximum atomic E-state index is 12.1. The minimum atomic E-state index is -0.939. The van der Waals surface area contributed by atoms with Crippen molar-refractivity contribution in [3.05, 3.63) is 0 Å². The Labute approximate surface area is 118 Å². The second-order valence-corrected chi connectivity index (χ2v) is 5.26. The summed E-state index contributed by atoms with van der Waals surface area (Å²) < 4.78 is 0. The molecule has 1 unspecified atom stereocenters. The van der Waals surface area contributed by atoms with Crippen molar-refractivity contribution in [2.45, 2.75) is 32.7 Å². The van der Waals surface area contributed by atoms with Gasteiger partial charge in [-0.25, -0.2) is 4.79 Å². The van der Waals surface area contributed by atoms with Gasteiger partial charge in [-0.15, -0.1) is 0 Å². The van der Waals surface area contributed by atoms with Crippen LogP contribution in [0.5, 0.6) is 0 Å². The predicted octanol–water partition coefficient (Wildman–Crippen LogP) is 0.359. The van der Waals surface area contributed by atoms with E-state index in [0.29, 0.717) is 6.54 Å². The van der Waals surface area contributed by atoms with Crippen molar-refractivity contribution in [1.29, 1.82) is 0 Å². The van der Waals surface area contributed by atoms with E-state index in [-0.39, 0.29) is 31.1 Å². The number of carbonyl (C=O) groups excluding carboxylic acids is 2. The lowest BCUT2D eigenvalue weighted by Gasteiger charge is -2.28. The van der Waals surface area contributed by atoms with Crippen LogP contribution in [0.25, 0.3) is 0 Å². The van der Waals surface area contributed by atoms with Gasteiger partial charge < -0.3 is 20.2 Å². The molecule has 1 atom stereocenters. The Bertz CT molecular complexity index is 382. The molecule has 2 N–H and O–H groups in total. The molecular formula is C13H23N3O4. The molecule has 0 aromatic heterocycles. The number of carbonyl (C=O) groups is 3. The topological polar surface area (TPSA) is 90.0 Å². The van der Waals surface area contributed by atoms with Gasteiger partial charge in [-0.05, 0) is 19.8 Å². The van der Waals surface area contributed by atoms with Gasteiger partial charge in [0.2, 0.25) is 5.91 Å². The highest BCUT2D eigenvalue weighted by molar-refractivity contribution is 5.84. The molecule has 7 heteroatoms. The number of carboxylic acids is 1. The second kappa shape index (κ2) is 7.12. The number of carboxylic acid groups (broad SMARTS) is 1. The fraction of sp³-hybridized carbons (Fsp3) is 0.769. The first-order chi connectivity index (χ1) is 9.35. The van der Waals surface area contributed by atoms with Crippen molar-refractivity contribution < 1.29 is 19.5 Å². The highest BCUT2D eigenvalue weighted by Crippen LogP contribution is 2.18. The second-order valence-electron chi connectivity index (χ2n) is 5.26. The van der Waals surface area contributed by atoms with Crippen LogP contribution in [0, 0.1) is 5.92 Å². The molecule has 1 aliphatic rings. The molecule has 0 aromatic carbocycles. The quantitative estimate of drug-likeness (QED) is 0.706. The van der Waals surface area contributed by atoms with Crippen LogP contribution in [0.2, 0.25) is 0 Å². The molecule has 1 aliphatic carbocycles. The summed E-state index contributed by atoms with van der Waals surface area (Å²) in [4.78, 5) is 37.4. The van der Waals surface area contributed by atoms with Crippen molar-refractivity contribution in [3.8, 4) is 0 Å². The third-order valence-electron chi connectivity index (χ3n) is 3.22. The van der Waals surface area contributed by atoms with Gasteiger partial charge in [-0.3, -0.25) is 9.59 Å². The maximum Gasteiger partial charge on any atom is 0.320 e. The Morgan fingerprint density at radius 3 is 2.40 bits per heavy atom. The molecule has 20 heavy (non-hydrogen) atoms. The summed E-state index contributed by atoms with van der Waals surface area (Å²) >= 11 is 0. The summed E-state index contributed by atoms with van der Waals surface area (Å²) in [5.41, 5.74) is 0. The maximum absolute atomic E-state index is 12.1. The molecule has 1 fully saturated rings. The fourth-order valence-electron chi connectivity index (χ4n) is 1.78. The molecule has 3 amide bonds. The van der Waals surface area contributed by atoms with Crippen LogP contribution in [0.1, 0.15) is 26.7 Å². The first kappa shape index (κ1) is 16.3. The summed E-state index contributed by atoms with van der Waals surface area (Å²) in [6, 6.07) is -0.0631. The van der Waals surface area contributed by atoms with Crippen molar-refractivity contribution in [2.75, 3.05) is 26.7 Å². The molecular weight excluding hydrogens is 262 g/mol. The van der Waals surface area contributed by atoms with Gasteiger partial charge in [0.1, 0.15) is 6.54 Å². The average Bonchev–Trinajstić information content (AvgIpc) is 3.18. The van der Waals surface area contributed by atoms with Crippen molar-refractivity contribution in [3.63, 3.8) is 0 Å². The summed E-state index contributed by atoms with van der Waals surface area (Å²) in [6.45, 7) is 3.88. The van der Waals surface area contributed by atoms with Crippen LogP contribution in [0.4, 0.5) is 4.79 Å². The molecule has 0 spiro atoms. The molecule has 0 radical (unpaired) electrons. The molecule has 0 aliphatic heterocycles. The monoisotopic (exact) mass is 285 g/mol. The van der Waals surface area contributed by atoms with E-state index in [1.807, 2.05) is 0 Å². The Balaban J connectivity index is 2.46. The van der Waals surface area contributed by atoms with Crippen LogP contribution in [-0.2, 0) is 9.59 Å². The van der Waals surface area contributed by atoms with E-state index in [2.05, 4.69) is 5.32 Å². The molecule has 1 saturated carbocycles. The Morgan fingerprint density at radius 1 is 1.35 bits per heavy atom. The number of nitrogens with one attached hydrogen (secondary N) is 1. The number of aliphatic carboxylic acids is 1. The molecule has 0 heterocycles. The summed E-state index contributed by atoms with van der Waals surface area (Å²) in [7, 11) is 1.54. The van der Waals surface area contributed by atoms with Crippen LogP contribution in [0.15, 0.2) is 0 Å². The third-order valence-corrected chi connectivity index (χ3v) is 3.22. The van der Waals surface area contributed by atoms with E-state index in [1.165, 1.54) is 9.80 Å². The van der Waals surface area contributed by atoms with Gasteiger partial charge in [-0.2, -0.15) is 0 Å². The lowest BCUT2D eigenvalue weighted by Crippen LogP contribution is -2.47. The number of amides is 3. The third kappa shape index (κ3) is 5.07. The number of hydrogen-bond donors (Lipinski definition) is 2. The lowest BCUT2D eigenvalue weighted by molar-refractivity contribution is -0.141. The minimum Gasteiger partial charge on any atom is -0.481 e. The Kier molecular flexibility index (Phi) is 5.79. The predicted molar refractivity (Wildman–Crippen MR) is 73.2 cm³/mol. The zero-order valence-electron chi connectivity index (χ0n) is 12.3. The van der Waals surface area contributed by atoms with E-state index in [9.17, 15) is 14.4 Å². The number of nitrogens with zero attached hydrogens (tertiary/aromatic N) is 2. The lowest BCUT2D eigenvalue weighted by atomic mass is 10.2. The zero-order chi connectivity index (χ0) is 15.3. The molecule has 0 aromatic rings. The summed E-state index contributed by atoms with van der Waals surface area (Å²) in [5.74, 6) is -1.75. The highest BCUT2D eigenvalue weighted by atomic mass is 16.4. The Hall–Kier alpha value is -1.79. The van der Waals surface area contributed by atoms with E-state index in [1.54, 1.807) is 20.9 Å². The van der Waals surface area contributed by atoms with Crippen LogP contribution < -0.4 is 5.32 Å². The van der Waals surface area contributed by atoms with Crippen molar-refractivity contribution >= 4 is 17.9 Å². The van der Waals surface area contributed by atoms with E-state index < -0.39 is 11.9 Å². The first-order valence-electron chi connectivity index (χ1n) is 6.87. The van der Waals surface area contributed by atoms with Gasteiger partial charge in [-0.1, -0.05) is 6.92 Å². The number of urea groups is 1. The Morgan fingerprint density at radius 2 is 1.95 bits per heavy atom. The zero-order valence-corrected chi connectivity index (χ0v) is 12.3. The molecule has 7 nitrogen and oxygen atoms in total. The van der Waals surface area contributed by atoms with Crippen LogP contribution in [-0.4, -0.2) is 65.5 Å². The summed E-state index contributed by atoms with van der Waals surface area (Å²) in [6.07, 6.45) is 2.00. The number of likely N-dealkylation sites (N-methyl/N-ethyl adjacent to an activating group) is 1. The largest absolute Gasteiger partial charge is 0.481 e. The standard InChI is InChI=1S/C13H23N3O4/c1-4-16(7-9(2)12(18)19)13(20)15(3)8-11(17)14-10-5-6-10/h9-10H,4-8H2,1-3H3,(H,14,17)(H,18,19). The number of hydrogen-bond acceptors (Lipinski definition) is 3. The van der Waals surface area contributed by atoms with Crippen LogP contribution >= 0.6 is 0 Å². The van der Waals surface area contributed by atoms with E-state index >= 15 is 0 Å². The van der Waals surface area contributed by atoms with Gasteiger partial charge in [0.15, 0.2) is 0 Å². The first-order valence-corrected chi connectivity index (χ1v) is 6.87. The van der Waals surface area contributed by atoms with Gasteiger partial charge >= 0.3 is 12.0 Å². The van der Waals surface area contributed by atoms with Crippen molar-refractivity contribution in [1.82, 2.24) is 15.1 Å². The molecule has 114 valence electrons. The molecule has 0 bridgehead atoms. The van der Waals surface area contributed by atoms with E-state index in [0.717, 1.165) is 12.8 Å². The van der Waals surface area contributed by atoms with Gasteiger partial charge in [0.05, 0.1) is 5.92 Å². The summed E-state index contributed by atoms with van der Waals surface area (Å²) in [5, 5.41) is 11.7. The van der Waals surface area contributed by atoms with Gasteiger partial charge in [0.25, 0.3) is 0 Å². The average molecular weight is 285 g/mol. The number of rotatable bonds is 7. The minimum absolute atomic E-state index is 0.00666. The highest BCUT2D eigenvalue weighted by Gasteiger charge is 2.26. The SMILES string of the molecule is CCN(CC(C)C(=O)O)C(=O)N(C)CC(=O)NC1CC1. The molecule has 1 rings (SSSR count). The van der Waals surface area contributed by atoms with Crippen LogP contribution in [0.3, 0.4) is 0 Å². The fourth-order valence-corrected chi connectivity index (χ4v) is 1.78. The van der Waals surface area contributed by atoms with E-state index in [4.69, 9.17) is 5.11 Å². The smallest absolute Gasteiger partial charge is 0.320 e. The molecule has 0 saturated heterocycles. The normalized spacial score (nSPS) is 15.3. The van der Waals surface area contributed by atoms with Crippen molar-refractivity contribution in [2.24, 2.45) is 5.92 Å².